The van der Waals surface area contributed by atoms with Crippen LogP contribution in [0, 0.1) is 6.92 Å². The lowest BCUT2D eigenvalue weighted by atomic mass is 9.96. The summed E-state index contributed by atoms with van der Waals surface area (Å²) in [5, 5.41) is 4.58. The number of ether oxygens (including phenoxy) is 1. The SMILES string of the molecule is CCCCNC(=O)/C=C(\C)c1cc2c(-c3ccc(Cl)cc3)coc2c(C)c1OC. The molecular weight excluding hydrogens is 386 g/mol. The second kappa shape index (κ2) is 9.19. The summed E-state index contributed by atoms with van der Waals surface area (Å²) < 4.78 is 11.5. The zero-order valence-corrected chi connectivity index (χ0v) is 18.0. The van der Waals surface area contributed by atoms with Crippen molar-refractivity contribution in [2.45, 2.75) is 33.6 Å². The van der Waals surface area contributed by atoms with E-state index in [1.165, 1.54) is 0 Å². The number of fused-ring (bicyclic) bond motifs is 1. The number of nitrogens with one attached hydrogen (secondary N) is 1. The summed E-state index contributed by atoms with van der Waals surface area (Å²) in [5.41, 5.74) is 5.38. The fraction of sp³-hybridized carbons (Fsp3) is 0.292. The Kier molecular flexibility index (Phi) is 6.65. The molecule has 0 bridgehead atoms. The van der Waals surface area contributed by atoms with Gasteiger partial charge in [0.15, 0.2) is 0 Å². The molecule has 3 aromatic rings. The van der Waals surface area contributed by atoms with Gasteiger partial charge in [-0.2, -0.15) is 0 Å². The molecule has 0 atom stereocenters. The van der Waals surface area contributed by atoms with E-state index in [4.69, 9.17) is 20.8 Å². The molecule has 1 N–H and O–H groups in total. The van der Waals surface area contributed by atoms with Gasteiger partial charge in [-0.05, 0) is 49.6 Å². The van der Waals surface area contributed by atoms with Crippen molar-refractivity contribution >= 4 is 34.1 Å². The Hall–Kier alpha value is -2.72. The first-order valence-corrected chi connectivity index (χ1v) is 10.1. The number of rotatable bonds is 7. The number of carbonyl (C=O) groups is 1. The molecule has 0 radical (unpaired) electrons. The summed E-state index contributed by atoms with van der Waals surface area (Å²) in [4.78, 5) is 12.3. The Morgan fingerprint density at radius 3 is 2.66 bits per heavy atom. The number of carbonyl (C=O) groups excluding carboxylic acids is 1. The van der Waals surface area contributed by atoms with Crippen LogP contribution in [0.4, 0.5) is 0 Å². The van der Waals surface area contributed by atoms with Crippen molar-refractivity contribution in [2.75, 3.05) is 13.7 Å². The fourth-order valence-electron chi connectivity index (χ4n) is 3.44. The molecule has 0 unspecified atom stereocenters. The quantitative estimate of drug-likeness (QED) is 0.362. The van der Waals surface area contributed by atoms with Crippen molar-refractivity contribution in [1.29, 1.82) is 0 Å². The normalized spacial score (nSPS) is 11.7. The number of unbranched alkanes of at least 4 members (excludes halogenated alkanes) is 1. The van der Waals surface area contributed by atoms with E-state index in [2.05, 4.69) is 12.2 Å². The Morgan fingerprint density at radius 1 is 1.28 bits per heavy atom. The topological polar surface area (TPSA) is 51.5 Å². The molecule has 5 heteroatoms. The van der Waals surface area contributed by atoms with Gasteiger partial charge in [-0.25, -0.2) is 0 Å². The van der Waals surface area contributed by atoms with E-state index < -0.39 is 0 Å². The van der Waals surface area contributed by atoms with Gasteiger partial charge in [-0.3, -0.25) is 4.79 Å². The minimum absolute atomic E-state index is 0.0964. The lowest BCUT2D eigenvalue weighted by molar-refractivity contribution is -0.116. The Labute approximate surface area is 176 Å². The van der Waals surface area contributed by atoms with Crippen molar-refractivity contribution in [2.24, 2.45) is 0 Å². The zero-order chi connectivity index (χ0) is 21.0. The number of hydrogen-bond acceptors (Lipinski definition) is 3. The molecule has 1 amide bonds. The number of allylic oxidation sites excluding steroid dienone is 1. The van der Waals surface area contributed by atoms with Crippen LogP contribution >= 0.6 is 11.6 Å². The highest BCUT2D eigenvalue weighted by Gasteiger charge is 2.18. The number of benzene rings is 2. The second-order valence-electron chi connectivity index (χ2n) is 7.09. The Morgan fingerprint density at radius 2 is 2.00 bits per heavy atom. The van der Waals surface area contributed by atoms with E-state index in [0.29, 0.717) is 17.3 Å². The average molecular weight is 412 g/mol. The molecule has 152 valence electrons. The van der Waals surface area contributed by atoms with Crippen LogP contribution in [0.3, 0.4) is 0 Å². The van der Waals surface area contributed by atoms with E-state index in [1.54, 1.807) is 19.4 Å². The molecule has 0 aliphatic heterocycles. The van der Waals surface area contributed by atoms with Crippen molar-refractivity contribution < 1.29 is 13.9 Å². The minimum atomic E-state index is -0.0964. The Balaban J connectivity index is 2.07. The maximum Gasteiger partial charge on any atom is 0.244 e. The van der Waals surface area contributed by atoms with E-state index >= 15 is 0 Å². The van der Waals surface area contributed by atoms with Crippen molar-refractivity contribution in [3.05, 3.63) is 58.8 Å². The predicted octanol–water partition coefficient (Wildman–Crippen LogP) is 6.39. The van der Waals surface area contributed by atoms with E-state index in [1.807, 2.05) is 44.2 Å². The monoisotopic (exact) mass is 411 g/mol. The van der Waals surface area contributed by atoms with Crippen LogP contribution in [0.25, 0.3) is 27.7 Å². The highest BCUT2D eigenvalue weighted by Crippen LogP contribution is 2.40. The molecule has 3 rings (SSSR count). The predicted molar refractivity (Wildman–Crippen MR) is 120 cm³/mol. The van der Waals surface area contributed by atoms with Gasteiger partial charge in [-0.15, -0.1) is 0 Å². The van der Waals surface area contributed by atoms with E-state index in [0.717, 1.165) is 51.6 Å². The van der Waals surface area contributed by atoms with Crippen molar-refractivity contribution in [1.82, 2.24) is 5.32 Å². The molecule has 4 nitrogen and oxygen atoms in total. The lowest BCUT2D eigenvalue weighted by Crippen LogP contribution is -2.22. The Bertz CT molecular complexity index is 1050. The summed E-state index contributed by atoms with van der Waals surface area (Å²) in [6, 6.07) is 9.68. The van der Waals surface area contributed by atoms with E-state index in [-0.39, 0.29) is 5.91 Å². The first kappa shape index (κ1) is 21.0. The first-order chi connectivity index (χ1) is 14.0. The van der Waals surface area contributed by atoms with Gasteiger partial charge < -0.3 is 14.5 Å². The number of methoxy groups -OCH3 is 1. The summed E-state index contributed by atoms with van der Waals surface area (Å²) in [6.07, 6.45) is 5.38. The van der Waals surface area contributed by atoms with Crippen LogP contribution in [0.2, 0.25) is 5.02 Å². The highest BCUT2D eigenvalue weighted by molar-refractivity contribution is 6.30. The maximum absolute atomic E-state index is 12.3. The summed E-state index contributed by atoms with van der Waals surface area (Å²) >= 11 is 6.03. The third-order valence-corrected chi connectivity index (χ3v) is 5.26. The van der Waals surface area contributed by atoms with Gasteiger partial charge in [0.05, 0.1) is 13.4 Å². The van der Waals surface area contributed by atoms with Crippen LogP contribution in [-0.4, -0.2) is 19.6 Å². The van der Waals surface area contributed by atoms with Crippen molar-refractivity contribution in [3.63, 3.8) is 0 Å². The summed E-state index contributed by atoms with van der Waals surface area (Å²) in [5.74, 6) is 0.616. The van der Waals surface area contributed by atoms with Crippen LogP contribution in [0.15, 0.2) is 47.1 Å². The van der Waals surface area contributed by atoms with Gasteiger partial charge >= 0.3 is 0 Å². The fourth-order valence-corrected chi connectivity index (χ4v) is 3.56. The number of aryl methyl sites for hydroxylation is 1. The molecule has 29 heavy (non-hydrogen) atoms. The largest absolute Gasteiger partial charge is 0.496 e. The standard InChI is InChI=1S/C24H26ClNO3/c1-5-6-11-26-22(27)12-15(2)19-13-20-21(17-7-9-18(25)10-8-17)14-29-24(20)16(3)23(19)28-4/h7-10,12-14H,5-6,11H2,1-4H3,(H,26,27)/b15-12+. The number of hydrogen-bond donors (Lipinski definition) is 1. The molecule has 0 aliphatic carbocycles. The maximum atomic E-state index is 12.3. The number of halogens is 1. The van der Waals surface area contributed by atoms with Crippen LogP contribution in [-0.2, 0) is 4.79 Å². The van der Waals surface area contributed by atoms with E-state index in [9.17, 15) is 4.79 Å². The summed E-state index contributed by atoms with van der Waals surface area (Å²) in [7, 11) is 1.63. The average Bonchev–Trinajstić information content (AvgIpc) is 3.13. The van der Waals surface area contributed by atoms with Crippen LogP contribution < -0.4 is 10.1 Å². The van der Waals surface area contributed by atoms with Crippen molar-refractivity contribution in [3.8, 4) is 16.9 Å². The second-order valence-corrected chi connectivity index (χ2v) is 7.52. The first-order valence-electron chi connectivity index (χ1n) is 9.77. The molecule has 2 aromatic carbocycles. The van der Waals surface area contributed by atoms with Gasteiger partial charge in [0.2, 0.25) is 5.91 Å². The molecular formula is C24H26ClNO3. The third kappa shape index (κ3) is 4.48. The van der Waals surface area contributed by atoms with Gasteiger partial charge in [-0.1, -0.05) is 37.1 Å². The summed E-state index contributed by atoms with van der Waals surface area (Å²) in [6.45, 7) is 6.66. The molecule has 0 aliphatic rings. The zero-order valence-electron chi connectivity index (χ0n) is 17.3. The minimum Gasteiger partial charge on any atom is -0.496 e. The molecule has 0 saturated heterocycles. The number of amides is 1. The molecule has 0 spiro atoms. The van der Waals surface area contributed by atoms with Crippen LogP contribution in [0.1, 0.15) is 37.8 Å². The molecule has 1 heterocycles. The van der Waals surface area contributed by atoms with Gasteiger partial charge in [0.25, 0.3) is 0 Å². The molecule has 1 aromatic heterocycles. The van der Waals surface area contributed by atoms with Crippen LogP contribution in [0.5, 0.6) is 5.75 Å². The third-order valence-electron chi connectivity index (χ3n) is 5.01. The molecule has 0 saturated carbocycles. The number of furan rings is 1. The van der Waals surface area contributed by atoms with Gasteiger partial charge in [0.1, 0.15) is 11.3 Å². The highest BCUT2D eigenvalue weighted by atomic mass is 35.5. The molecule has 0 fully saturated rings. The van der Waals surface area contributed by atoms with Gasteiger partial charge in [0, 0.05) is 39.7 Å². The smallest absolute Gasteiger partial charge is 0.244 e. The lowest BCUT2D eigenvalue weighted by Gasteiger charge is -2.13.